The van der Waals surface area contributed by atoms with Crippen LogP contribution in [0.4, 0.5) is 0 Å². The molecule has 0 aromatic heterocycles. The number of carbonyl (C=O) groups is 2. The van der Waals surface area contributed by atoms with Crippen LogP contribution in [0.15, 0.2) is 42.5 Å². The van der Waals surface area contributed by atoms with E-state index in [-0.39, 0.29) is 26.5 Å². The van der Waals surface area contributed by atoms with E-state index in [2.05, 4.69) is 5.82 Å². The van der Waals surface area contributed by atoms with Gasteiger partial charge in [-0.05, 0) is 0 Å². The van der Waals surface area contributed by atoms with E-state index in [1.807, 2.05) is 12.1 Å². The predicted octanol–water partition coefficient (Wildman–Crippen LogP) is 1.84. The van der Waals surface area contributed by atoms with E-state index >= 15 is 0 Å². The molecule has 2 nitrogen and oxygen atoms in total. The molecule has 0 spiro atoms. The second-order valence-electron chi connectivity index (χ2n) is 4.09. The molecule has 0 atom stereocenters. The van der Waals surface area contributed by atoms with Gasteiger partial charge in [-0.25, -0.2) is 0 Å². The Morgan fingerprint density at radius 3 is 2.06 bits per heavy atom. The summed E-state index contributed by atoms with van der Waals surface area (Å²) >= 11 is 0.202. The van der Waals surface area contributed by atoms with Gasteiger partial charge in [0, 0.05) is 0 Å². The minimum atomic E-state index is -0.0358. The molecular formula is C15H10O2Se. The Balaban J connectivity index is 2.34. The molecule has 0 amide bonds. The second-order valence-corrected chi connectivity index (χ2v) is 5.87. The topological polar surface area (TPSA) is 34.1 Å². The first-order chi connectivity index (χ1) is 8.74. The van der Waals surface area contributed by atoms with Crippen LogP contribution >= 0.6 is 0 Å². The zero-order valence-corrected chi connectivity index (χ0v) is 11.5. The van der Waals surface area contributed by atoms with E-state index in [1.165, 1.54) is 0 Å². The molecule has 0 aliphatic heterocycles. The second kappa shape index (κ2) is 4.20. The standard InChI is InChI=1S/C15H10O2Se/c1-18-12-8-4-7-11-13(12)15(17)10-6-3-2-5-9(10)14(11)16/h2-8H,1H3. The normalized spacial score (nSPS) is 13.2. The summed E-state index contributed by atoms with van der Waals surface area (Å²) < 4.78 is 1.01. The number of ketones is 2. The van der Waals surface area contributed by atoms with E-state index < -0.39 is 0 Å². The number of hydrogen-bond acceptors (Lipinski definition) is 2. The van der Waals surface area contributed by atoms with Gasteiger partial charge in [-0.2, -0.15) is 0 Å². The first kappa shape index (κ1) is 11.4. The molecule has 1 aliphatic rings. The molecule has 3 heteroatoms. The average Bonchev–Trinajstić information content (AvgIpc) is 2.44. The van der Waals surface area contributed by atoms with Crippen molar-refractivity contribution in [2.75, 3.05) is 0 Å². The molecule has 2 aromatic carbocycles. The number of carbonyl (C=O) groups excluding carboxylic acids is 2. The van der Waals surface area contributed by atoms with Gasteiger partial charge in [-0.3, -0.25) is 0 Å². The molecule has 0 unspecified atom stereocenters. The van der Waals surface area contributed by atoms with Crippen molar-refractivity contribution in [3.8, 4) is 0 Å². The quantitative estimate of drug-likeness (QED) is 0.643. The van der Waals surface area contributed by atoms with Crippen LogP contribution in [0.1, 0.15) is 31.8 Å². The SMILES string of the molecule is C[Se]c1cccc2c1C(=O)c1ccccc1C2=O. The van der Waals surface area contributed by atoms with Crippen LogP contribution in [-0.4, -0.2) is 26.5 Å². The average molecular weight is 301 g/mol. The van der Waals surface area contributed by atoms with Crippen LogP contribution in [-0.2, 0) is 0 Å². The third-order valence-corrected chi connectivity index (χ3v) is 4.77. The summed E-state index contributed by atoms with van der Waals surface area (Å²) in [5.41, 5.74) is 2.23. The number of rotatable bonds is 1. The van der Waals surface area contributed by atoms with Crippen molar-refractivity contribution in [2.24, 2.45) is 0 Å². The molecule has 0 saturated carbocycles. The van der Waals surface area contributed by atoms with Gasteiger partial charge in [0.15, 0.2) is 0 Å². The van der Waals surface area contributed by atoms with Crippen molar-refractivity contribution in [1.82, 2.24) is 0 Å². The molecule has 0 radical (unpaired) electrons. The summed E-state index contributed by atoms with van der Waals surface area (Å²) in [6.07, 6.45) is 0. The fourth-order valence-corrected chi connectivity index (χ4v) is 3.59. The third-order valence-electron chi connectivity index (χ3n) is 3.13. The zero-order chi connectivity index (χ0) is 12.7. The van der Waals surface area contributed by atoms with Gasteiger partial charge in [-0.1, -0.05) is 0 Å². The molecule has 0 fully saturated rings. The molecule has 0 heterocycles. The van der Waals surface area contributed by atoms with Crippen molar-refractivity contribution >= 4 is 31.0 Å². The first-order valence-corrected chi connectivity index (χ1v) is 8.16. The maximum atomic E-state index is 12.5. The fourth-order valence-electron chi connectivity index (χ4n) is 2.28. The molecule has 18 heavy (non-hydrogen) atoms. The van der Waals surface area contributed by atoms with E-state index in [0.29, 0.717) is 22.3 Å². The first-order valence-electron chi connectivity index (χ1n) is 5.59. The van der Waals surface area contributed by atoms with Gasteiger partial charge in [0.05, 0.1) is 0 Å². The Hall–Kier alpha value is -1.70. The van der Waals surface area contributed by atoms with Crippen molar-refractivity contribution in [1.29, 1.82) is 0 Å². The van der Waals surface area contributed by atoms with Gasteiger partial charge >= 0.3 is 111 Å². The predicted molar refractivity (Wildman–Crippen MR) is 71.0 cm³/mol. The molecule has 88 valence electrons. The summed E-state index contributed by atoms with van der Waals surface area (Å²) in [4.78, 5) is 24.9. The van der Waals surface area contributed by atoms with Crippen LogP contribution in [0.2, 0.25) is 5.82 Å². The van der Waals surface area contributed by atoms with E-state index in [9.17, 15) is 9.59 Å². The summed E-state index contributed by atoms with van der Waals surface area (Å²) in [7, 11) is 0. The van der Waals surface area contributed by atoms with Gasteiger partial charge < -0.3 is 0 Å². The van der Waals surface area contributed by atoms with Crippen LogP contribution in [0.5, 0.6) is 0 Å². The van der Waals surface area contributed by atoms with E-state index in [0.717, 1.165) is 4.46 Å². The summed E-state index contributed by atoms with van der Waals surface area (Å²) in [5.74, 6) is 2.01. The summed E-state index contributed by atoms with van der Waals surface area (Å²) in [6, 6.07) is 12.6. The van der Waals surface area contributed by atoms with Gasteiger partial charge in [0.1, 0.15) is 0 Å². The van der Waals surface area contributed by atoms with Crippen molar-refractivity contribution < 1.29 is 9.59 Å². The Kier molecular flexibility index (Phi) is 2.66. The number of hydrogen-bond donors (Lipinski definition) is 0. The van der Waals surface area contributed by atoms with Crippen LogP contribution in [0.25, 0.3) is 0 Å². The van der Waals surface area contributed by atoms with Gasteiger partial charge in [-0.15, -0.1) is 0 Å². The Morgan fingerprint density at radius 2 is 1.39 bits per heavy atom. The molecule has 0 saturated heterocycles. The van der Waals surface area contributed by atoms with Crippen LogP contribution in [0, 0.1) is 0 Å². The van der Waals surface area contributed by atoms with Crippen LogP contribution < -0.4 is 4.46 Å². The van der Waals surface area contributed by atoms with Gasteiger partial charge in [0.2, 0.25) is 0 Å². The van der Waals surface area contributed by atoms with Gasteiger partial charge in [0.25, 0.3) is 0 Å². The summed E-state index contributed by atoms with van der Waals surface area (Å²) in [6.45, 7) is 0. The molecular weight excluding hydrogens is 291 g/mol. The molecule has 0 N–H and O–H groups in total. The molecule has 0 bridgehead atoms. The fraction of sp³-hybridized carbons (Fsp3) is 0.0667. The van der Waals surface area contributed by atoms with Crippen molar-refractivity contribution in [2.45, 2.75) is 5.82 Å². The monoisotopic (exact) mass is 302 g/mol. The van der Waals surface area contributed by atoms with E-state index in [4.69, 9.17) is 0 Å². The molecule has 2 aromatic rings. The minimum absolute atomic E-state index is 0.0143. The molecule has 1 aliphatic carbocycles. The Bertz CT molecular complexity index is 674. The Morgan fingerprint density at radius 1 is 0.778 bits per heavy atom. The number of fused-ring (bicyclic) bond motifs is 2. The zero-order valence-electron chi connectivity index (χ0n) is 9.77. The van der Waals surface area contributed by atoms with E-state index in [1.54, 1.807) is 30.3 Å². The number of benzene rings is 2. The maximum absolute atomic E-state index is 12.5. The molecule has 3 rings (SSSR count). The van der Waals surface area contributed by atoms with Crippen molar-refractivity contribution in [3.05, 3.63) is 64.7 Å². The Labute approximate surface area is 111 Å². The summed E-state index contributed by atoms with van der Waals surface area (Å²) in [5, 5.41) is 0. The van der Waals surface area contributed by atoms with Crippen molar-refractivity contribution in [3.63, 3.8) is 0 Å². The van der Waals surface area contributed by atoms with Crippen LogP contribution in [0.3, 0.4) is 0 Å². The third kappa shape index (κ3) is 1.48.